The van der Waals surface area contributed by atoms with Gasteiger partial charge in [-0.2, -0.15) is 8.78 Å². The molecule has 37 heavy (non-hydrogen) atoms. The molecule has 0 bridgehead atoms. The molecule has 1 aromatic carbocycles. The Bertz CT molecular complexity index is 1400. The number of para-hydroxylation sites is 1. The first kappa shape index (κ1) is 24.3. The van der Waals surface area contributed by atoms with Gasteiger partial charge < -0.3 is 23.7 Å². The number of pyridine rings is 1. The second-order valence-corrected chi connectivity index (χ2v) is 8.39. The van der Waals surface area contributed by atoms with E-state index < -0.39 is 18.9 Å². The van der Waals surface area contributed by atoms with E-state index >= 15 is 0 Å². The Hall–Kier alpha value is -4.39. The van der Waals surface area contributed by atoms with Crippen molar-refractivity contribution in [3.05, 3.63) is 66.4 Å². The lowest BCUT2D eigenvalue weighted by atomic mass is 10.2. The first-order chi connectivity index (χ1) is 17.9. The van der Waals surface area contributed by atoms with Crippen LogP contribution in [0.3, 0.4) is 0 Å². The number of fused-ring (bicyclic) bond motifs is 1. The van der Waals surface area contributed by atoms with Crippen LogP contribution in [-0.2, 0) is 11.3 Å². The summed E-state index contributed by atoms with van der Waals surface area (Å²) in [6.07, 6.45) is 0.612. The fourth-order valence-corrected chi connectivity index (χ4v) is 4.14. The van der Waals surface area contributed by atoms with Crippen LogP contribution in [0, 0.1) is 0 Å². The molecular formula is C24H23F2N7O4. The lowest BCUT2D eigenvalue weighted by Gasteiger charge is -2.37. The normalized spacial score (nSPS) is 13.9. The van der Waals surface area contributed by atoms with Crippen LogP contribution in [0.25, 0.3) is 17.1 Å². The van der Waals surface area contributed by atoms with E-state index in [1.165, 1.54) is 4.90 Å². The van der Waals surface area contributed by atoms with Crippen LogP contribution in [0.15, 0.2) is 59.3 Å². The predicted octanol–water partition coefficient (Wildman–Crippen LogP) is 2.59. The van der Waals surface area contributed by atoms with Gasteiger partial charge in [-0.3, -0.25) is 9.69 Å². The van der Waals surface area contributed by atoms with Gasteiger partial charge in [0.15, 0.2) is 0 Å². The van der Waals surface area contributed by atoms with Crippen molar-refractivity contribution in [1.29, 1.82) is 0 Å². The van der Waals surface area contributed by atoms with Gasteiger partial charge in [0.2, 0.25) is 11.8 Å². The molecule has 11 nitrogen and oxygen atoms in total. The molecule has 1 N–H and O–H groups in total. The number of anilines is 1. The van der Waals surface area contributed by atoms with Gasteiger partial charge in [-0.25, -0.2) is 9.78 Å². The fraction of sp³-hybridized carbons (Fsp3) is 0.292. The van der Waals surface area contributed by atoms with Crippen LogP contribution in [0.1, 0.15) is 18.0 Å². The zero-order valence-corrected chi connectivity index (χ0v) is 19.6. The number of aliphatic hydroxyl groups excluding tert-OH is 1. The number of piperazine rings is 1. The van der Waals surface area contributed by atoms with Gasteiger partial charge in [0, 0.05) is 49.8 Å². The Morgan fingerprint density at radius 1 is 1.05 bits per heavy atom. The fourth-order valence-electron chi connectivity index (χ4n) is 4.14. The van der Waals surface area contributed by atoms with Crippen LogP contribution in [0.4, 0.5) is 19.3 Å². The molecule has 0 aliphatic carbocycles. The van der Waals surface area contributed by atoms with Gasteiger partial charge in [0.1, 0.15) is 12.3 Å². The monoisotopic (exact) mass is 511 g/mol. The lowest BCUT2D eigenvalue weighted by molar-refractivity contribution is -0.135. The molecule has 1 saturated heterocycles. The molecule has 13 heteroatoms. The van der Waals surface area contributed by atoms with Gasteiger partial charge in [0.05, 0.1) is 12.2 Å². The smallest absolute Gasteiger partial charge is 0.324 e. The summed E-state index contributed by atoms with van der Waals surface area (Å²) in [6, 6.07) is 12.2. The zero-order chi connectivity index (χ0) is 25.9. The third-order valence-corrected chi connectivity index (χ3v) is 6.04. The number of aliphatic hydroxyl groups is 1. The minimum Gasteiger partial charge on any atom is -0.415 e. The molecule has 1 aliphatic heterocycles. The minimum atomic E-state index is -2.86. The molecule has 3 aromatic heterocycles. The number of carbonyl (C=O) groups excluding carboxylic acids is 2. The topological polar surface area (TPSA) is 120 Å². The number of amides is 3. The van der Waals surface area contributed by atoms with E-state index in [1.54, 1.807) is 38.7 Å². The molecule has 5 rings (SSSR count). The summed E-state index contributed by atoms with van der Waals surface area (Å²) in [5.74, 6) is -1.15. The van der Waals surface area contributed by atoms with Crippen molar-refractivity contribution in [1.82, 2.24) is 29.4 Å². The standard InChI is InChI=1S/C24H23F2N7O4/c25-21(26)23-29-28-22(37-23)16-6-7-32-13-17(27-19(32)12-16)14-33(18-4-2-1-3-5-18)24(36)31-10-8-30(9-11-31)20(35)15-34/h1-7,12-13,21,34H,8-11,14-15H2. The van der Waals surface area contributed by atoms with Gasteiger partial charge in [-0.1, -0.05) is 18.2 Å². The SMILES string of the molecule is O=C(CO)N1CCN(C(=O)N(Cc2cn3ccc(-c4nnc(C(F)F)o4)cc3n2)c2ccccc2)CC1. The van der Waals surface area contributed by atoms with Crippen molar-refractivity contribution < 1.29 is 27.9 Å². The lowest BCUT2D eigenvalue weighted by Crippen LogP contribution is -2.54. The minimum absolute atomic E-state index is 0.0396. The first-order valence-electron chi connectivity index (χ1n) is 11.5. The average molecular weight is 511 g/mol. The third kappa shape index (κ3) is 5.11. The molecule has 0 atom stereocenters. The van der Waals surface area contributed by atoms with Crippen LogP contribution in [0.5, 0.6) is 0 Å². The molecule has 1 aliphatic rings. The highest BCUT2D eigenvalue weighted by atomic mass is 19.3. The van der Waals surface area contributed by atoms with Gasteiger partial charge in [-0.15, -0.1) is 10.2 Å². The Kier molecular flexibility index (Phi) is 6.77. The highest BCUT2D eigenvalue weighted by Crippen LogP contribution is 2.25. The molecule has 1 fully saturated rings. The second kappa shape index (κ2) is 10.3. The van der Waals surface area contributed by atoms with Crippen molar-refractivity contribution in [3.8, 4) is 11.5 Å². The van der Waals surface area contributed by atoms with Crippen molar-refractivity contribution in [3.63, 3.8) is 0 Å². The van der Waals surface area contributed by atoms with Crippen LogP contribution in [0.2, 0.25) is 0 Å². The maximum atomic E-state index is 13.5. The Morgan fingerprint density at radius 2 is 1.78 bits per heavy atom. The van der Waals surface area contributed by atoms with E-state index in [0.29, 0.717) is 48.8 Å². The number of nitrogens with zero attached hydrogens (tertiary/aromatic N) is 7. The quantitative estimate of drug-likeness (QED) is 0.423. The van der Waals surface area contributed by atoms with Crippen LogP contribution in [-0.4, -0.2) is 79.2 Å². The van der Waals surface area contributed by atoms with Crippen molar-refractivity contribution in [2.45, 2.75) is 13.0 Å². The van der Waals surface area contributed by atoms with E-state index in [1.807, 2.05) is 30.3 Å². The summed E-state index contributed by atoms with van der Waals surface area (Å²) < 4.78 is 32.4. The number of hydrogen-bond acceptors (Lipinski definition) is 7. The first-order valence-corrected chi connectivity index (χ1v) is 11.5. The summed E-state index contributed by atoms with van der Waals surface area (Å²) in [5, 5.41) is 16.1. The van der Waals surface area contributed by atoms with Crippen molar-refractivity contribution in [2.75, 3.05) is 37.7 Å². The van der Waals surface area contributed by atoms with E-state index in [2.05, 4.69) is 15.2 Å². The number of urea groups is 1. The number of aromatic nitrogens is 4. The number of benzene rings is 1. The molecule has 3 amide bonds. The summed E-state index contributed by atoms with van der Waals surface area (Å²) in [6.45, 7) is 0.980. The summed E-state index contributed by atoms with van der Waals surface area (Å²) in [7, 11) is 0. The van der Waals surface area contributed by atoms with E-state index in [4.69, 9.17) is 9.52 Å². The summed E-state index contributed by atoms with van der Waals surface area (Å²) in [4.78, 5) is 34.7. The number of rotatable bonds is 6. The molecule has 0 unspecified atom stereocenters. The van der Waals surface area contributed by atoms with Crippen LogP contribution < -0.4 is 4.90 Å². The number of hydrogen-bond donors (Lipinski definition) is 1. The van der Waals surface area contributed by atoms with Crippen LogP contribution >= 0.6 is 0 Å². The molecule has 4 heterocycles. The van der Waals surface area contributed by atoms with Crippen molar-refractivity contribution in [2.24, 2.45) is 0 Å². The summed E-state index contributed by atoms with van der Waals surface area (Å²) >= 11 is 0. The maximum absolute atomic E-state index is 13.5. The molecular weight excluding hydrogens is 488 g/mol. The zero-order valence-electron chi connectivity index (χ0n) is 19.6. The van der Waals surface area contributed by atoms with E-state index in [9.17, 15) is 18.4 Å². The highest BCUT2D eigenvalue weighted by molar-refractivity contribution is 5.92. The Morgan fingerprint density at radius 3 is 2.46 bits per heavy atom. The molecule has 192 valence electrons. The number of alkyl halides is 2. The molecule has 0 radical (unpaired) electrons. The molecule has 0 saturated carbocycles. The Labute approximate surface area is 209 Å². The van der Waals surface area contributed by atoms with Gasteiger partial charge in [-0.05, 0) is 24.3 Å². The Balaban J connectivity index is 1.37. The van der Waals surface area contributed by atoms with E-state index in [-0.39, 0.29) is 24.4 Å². The van der Waals surface area contributed by atoms with Crippen molar-refractivity contribution >= 4 is 23.3 Å². The van der Waals surface area contributed by atoms with Gasteiger partial charge >= 0.3 is 12.5 Å². The highest BCUT2D eigenvalue weighted by Gasteiger charge is 2.28. The number of carbonyl (C=O) groups is 2. The third-order valence-electron chi connectivity index (χ3n) is 6.04. The largest absolute Gasteiger partial charge is 0.415 e. The maximum Gasteiger partial charge on any atom is 0.324 e. The summed E-state index contributed by atoms with van der Waals surface area (Å²) in [5.41, 5.74) is 2.24. The number of imidazole rings is 1. The predicted molar refractivity (Wildman–Crippen MR) is 127 cm³/mol. The molecule has 4 aromatic rings. The molecule has 0 spiro atoms. The average Bonchev–Trinajstić information content (AvgIpc) is 3.58. The van der Waals surface area contributed by atoms with E-state index in [0.717, 1.165) is 0 Å². The second-order valence-electron chi connectivity index (χ2n) is 8.39. The van der Waals surface area contributed by atoms with Gasteiger partial charge in [0.25, 0.3) is 5.89 Å². The number of halogens is 2.